The van der Waals surface area contributed by atoms with Crippen molar-refractivity contribution in [3.05, 3.63) is 35.9 Å². The predicted molar refractivity (Wildman–Crippen MR) is 102 cm³/mol. The minimum atomic E-state index is -0.686. The Balaban J connectivity index is 1.53. The van der Waals surface area contributed by atoms with Crippen molar-refractivity contribution in [3.8, 4) is 6.07 Å². The summed E-state index contributed by atoms with van der Waals surface area (Å²) >= 11 is 0. The van der Waals surface area contributed by atoms with Crippen LogP contribution in [-0.2, 0) is 4.79 Å². The summed E-state index contributed by atoms with van der Waals surface area (Å²) in [7, 11) is 0. The van der Waals surface area contributed by atoms with Gasteiger partial charge >= 0.3 is 0 Å². The molecule has 2 aliphatic rings. The normalized spacial score (nSPS) is 21.1. The molecule has 0 unspecified atom stereocenters. The fourth-order valence-corrected chi connectivity index (χ4v) is 4.14. The monoisotopic (exact) mass is 369 g/mol. The molecule has 2 N–H and O–H groups in total. The molecule has 1 aliphatic heterocycles. The van der Waals surface area contributed by atoms with E-state index in [1.165, 1.54) is 4.90 Å². The Bertz CT molecular complexity index is 699. The third-order valence-corrected chi connectivity index (χ3v) is 6.00. The number of carbonyl (C=O) groups is 2. The summed E-state index contributed by atoms with van der Waals surface area (Å²) < 4.78 is 0. The highest BCUT2D eigenvalue weighted by atomic mass is 16.2. The van der Waals surface area contributed by atoms with Gasteiger partial charge in [0.05, 0.1) is 32.2 Å². The third kappa shape index (κ3) is 4.48. The van der Waals surface area contributed by atoms with Crippen LogP contribution in [0.1, 0.15) is 49.4 Å². The molecule has 1 saturated heterocycles. The minimum Gasteiger partial charge on any atom is -0.333 e. The summed E-state index contributed by atoms with van der Waals surface area (Å²) in [6.45, 7) is 4.70. The highest BCUT2D eigenvalue weighted by Crippen LogP contribution is 2.27. The highest BCUT2D eigenvalue weighted by molar-refractivity contribution is 5.94. The Morgan fingerprint density at radius 3 is 2.37 bits per heavy atom. The Hall–Kier alpha value is -2.39. The van der Waals surface area contributed by atoms with Crippen molar-refractivity contribution in [3.63, 3.8) is 0 Å². The fourth-order valence-electron chi connectivity index (χ4n) is 4.14. The molecule has 2 fully saturated rings. The van der Waals surface area contributed by atoms with Gasteiger partial charge in [0.2, 0.25) is 0 Å². The van der Waals surface area contributed by atoms with Crippen LogP contribution in [0.15, 0.2) is 30.3 Å². The van der Waals surface area contributed by atoms with E-state index in [0.717, 1.165) is 45.2 Å². The molecular formula is C21H29N4O2+. The van der Waals surface area contributed by atoms with Crippen molar-refractivity contribution in [2.45, 2.75) is 50.6 Å². The first kappa shape index (κ1) is 19.4. The van der Waals surface area contributed by atoms with Gasteiger partial charge in [0.1, 0.15) is 5.54 Å². The lowest BCUT2D eigenvalue weighted by Crippen LogP contribution is -3.19. The number of nitrogens with one attached hydrogen (secondary N) is 2. The zero-order valence-corrected chi connectivity index (χ0v) is 16.0. The first-order valence-corrected chi connectivity index (χ1v) is 9.97. The van der Waals surface area contributed by atoms with Crippen molar-refractivity contribution in [2.24, 2.45) is 0 Å². The van der Waals surface area contributed by atoms with Crippen LogP contribution >= 0.6 is 0 Å². The second kappa shape index (κ2) is 8.53. The number of amides is 2. The van der Waals surface area contributed by atoms with Gasteiger partial charge in [-0.15, -0.1) is 0 Å². The molecule has 1 aromatic carbocycles. The lowest BCUT2D eigenvalue weighted by Gasteiger charge is -2.37. The molecule has 1 atom stereocenters. The molecule has 1 heterocycles. The van der Waals surface area contributed by atoms with E-state index in [9.17, 15) is 14.9 Å². The van der Waals surface area contributed by atoms with Crippen molar-refractivity contribution in [1.82, 2.24) is 10.2 Å². The number of piperazine rings is 1. The van der Waals surface area contributed by atoms with Crippen molar-refractivity contribution < 1.29 is 14.5 Å². The van der Waals surface area contributed by atoms with Crippen LogP contribution in [0.3, 0.4) is 0 Å². The van der Waals surface area contributed by atoms with E-state index in [2.05, 4.69) is 11.4 Å². The Morgan fingerprint density at radius 1 is 1.15 bits per heavy atom. The first-order valence-electron chi connectivity index (χ1n) is 9.97. The van der Waals surface area contributed by atoms with Crippen molar-refractivity contribution in [1.29, 1.82) is 5.26 Å². The van der Waals surface area contributed by atoms with Gasteiger partial charge in [0.25, 0.3) is 11.8 Å². The Morgan fingerprint density at radius 2 is 1.78 bits per heavy atom. The maximum atomic E-state index is 12.7. The summed E-state index contributed by atoms with van der Waals surface area (Å²) in [6.07, 6.45) is 4.62. The van der Waals surface area contributed by atoms with Gasteiger partial charge in [-0.3, -0.25) is 9.59 Å². The highest BCUT2D eigenvalue weighted by Gasteiger charge is 2.38. The second-order valence-electron chi connectivity index (χ2n) is 7.78. The van der Waals surface area contributed by atoms with Gasteiger partial charge in [0.15, 0.2) is 6.04 Å². The summed E-state index contributed by atoms with van der Waals surface area (Å²) in [4.78, 5) is 28.3. The van der Waals surface area contributed by atoms with E-state index in [-0.39, 0.29) is 17.9 Å². The van der Waals surface area contributed by atoms with Crippen molar-refractivity contribution >= 4 is 11.8 Å². The van der Waals surface area contributed by atoms with E-state index in [1.807, 2.05) is 42.2 Å². The van der Waals surface area contributed by atoms with Gasteiger partial charge < -0.3 is 15.1 Å². The third-order valence-electron chi connectivity index (χ3n) is 6.00. The fraction of sp³-hybridized carbons (Fsp3) is 0.571. The van der Waals surface area contributed by atoms with Crippen LogP contribution in [0, 0.1) is 11.3 Å². The molecule has 0 bridgehead atoms. The molecule has 3 rings (SSSR count). The average Bonchev–Trinajstić information content (AvgIpc) is 2.74. The van der Waals surface area contributed by atoms with Crippen LogP contribution in [0.25, 0.3) is 0 Å². The van der Waals surface area contributed by atoms with Crippen LogP contribution in [0.4, 0.5) is 0 Å². The minimum absolute atomic E-state index is 0.0451. The molecule has 1 saturated carbocycles. The zero-order chi connectivity index (χ0) is 19.3. The smallest absolute Gasteiger partial charge is 0.279 e. The molecular weight excluding hydrogens is 340 g/mol. The van der Waals surface area contributed by atoms with Crippen LogP contribution in [0.5, 0.6) is 0 Å². The molecule has 0 aromatic heterocycles. The molecule has 144 valence electrons. The number of benzene rings is 1. The predicted octanol–water partition coefficient (Wildman–Crippen LogP) is 0.758. The molecule has 0 spiro atoms. The van der Waals surface area contributed by atoms with E-state index in [0.29, 0.717) is 18.7 Å². The van der Waals surface area contributed by atoms with E-state index < -0.39 is 5.54 Å². The summed E-state index contributed by atoms with van der Waals surface area (Å²) in [6, 6.07) is 11.5. The zero-order valence-electron chi connectivity index (χ0n) is 16.0. The maximum Gasteiger partial charge on any atom is 0.279 e. The van der Waals surface area contributed by atoms with Gasteiger partial charge in [-0.1, -0.05) is 37.5 Å². The molecule has 6 nitrogen and oxygen atoms in total. The van der Waals surface area contributed by atoms with Gasteiger partial charge in [-0.25, -0.2) is 0 Å². The van der Waals surface area contributed by atoms with E-state index in [4.69, 9.17) is 0 Å². The van der Waals surface area contributed by atoms with Gasteiger partial charge in [-0.2, -0.15) is 5.26 Å². The molecule has 1 aliphatic carbocycles. The van der Waals surface area contributed by atoms with Gasteiger partial charge in [0, 0.05) is 5.56 Å². The number of hydrogen-bond donors (Lipinski definition) is 2. The second-order valence-corrected chi connectivity index (χ2v) is 7.78. The number of quaternary nitrogens is 1. The Kier molecular flexibility index (Phi) is 6.12. The SMILES string of the molecule is C[C@@H](C(=O)NC1(C#N)CCCCC1)[NH+]1CCN(C(=O)c2ccccc2)CC1. The number of nitriles is 1. The van der Waals surface area contributed by atoms with Crippen molar-refractivity contribution in [2.75, 3.05) is 26.2 Å². The first-order chi connectivity index (χ1) is 13.0. The van der Waals surface area contributed by atoms with Crippen LogP contribution in [0.2, 0.25) is 0 Å². The maximum absolute atomic E-state index is 12.7. The summed E-state index contributed by atoms with van der Waals surface area (Å²) in [5.41, 5.74) is 0.0220. The number of rotatable bonds is 4. The largest absolute Gasteiger partial charge is 0.333 e. The molecule has 27 heavy (non-hydrogen) atoms. The number of hydrogen-bond acceptors (Lipinski definition) is 3. The summed E-state index contributed by atoms with van der Waals surface area (Å²) in [5.74, 6) is 0.00804. The topological polar surface area (TPSA) is 77.6 Å². The quantitative estimate of drug-likeness (QED) is 0.823. The van der Waals surface area contributed by atoms with Gasteiger partial charge in [-0.05, 0) is 31.9 Å². The standard InChI is InChI=1S/C21H28N4O2/c1-17(19(26)23-21(16-22)10-6-3-7-11-21)24-12-14-25(15-13-24)20(27)18-8-4-2-5-9-18/h2,4-5,8-9,17H,3,6-7,10-15H2,1H3,(H,23,26)/p+1/t17-/m0/s1. The van der Waals surface area contributed by atoms with Crippen LogP contribution < -0.4 is 10.2 Å². The van der Waals surface area contributed by atoms with E-state index >= 15 is 0 Å². The molecule has 1 aromatic rings. The molecule has 0 radical (unpaired) electrons. The van der Waals surface area contributed by atoms with Crippen LogP contribution in [-0.4, -0.2) is 54.5 Å². The Labute approximate surface area is 161 Å². The molecule has 2 amide bonds. The lowest BCUT2D eigenvalue weighted by atomic mass is 9.82. The number of nitrogens with zero attached hydrogens (tertiary/aromatic N) is 2. The summed E-state index contributed by atoms with van der Waals surface area (Å²) in [5, 5.41) is 12.6. The lowest BCUT2D eigenvalue weighted by molar-refractivity contribution is -0.917. The number of carbonyl (C=O) groups excluding carboxylic acids is 2. The van der Waals surface area contributed by atoms with E-state index in [1.54, 1.807) is 0 Å². The molecule has 6 heteroatoms. The average molecular weight is 369 g/mol.